The minimum absolute atomic E-state index is 0.0533. The Bertz CT molecular complexity index is 5730. The fraction of sp³-hybridized carbons (Fsp3) is 0.0220. The number of hydrogen-bond donors (Lipinski definition) is 0. The third-order valence-corrected chi connectivity index (χ3v) is 19.5. The lowest BCUT2D eigenvalue weighted by atomic mass is 9.33. The number of fused-ring (bicyclic) bond motifs is 7. The van der Waals surface area contributed by atoms with Crippen molar-refractivity contribution >= 4 is 91.0 Å². The fourth-order valence-corrected chi connectivity index (χ4v) is 14.8. The molecule has 11 heteroatoms. The molecule has 4 heterocycles. The van der Waals surface area contributed by atoms with Crippen LogP contribution in [-0.4, -0.2) is 38.2 Å². The third kappa shape index (κ3) is 11.1. The highest BCUT2D eigenvalue weighted by Gasteiger charge is 2.43. The van der Waals surface area contributed by atoms with Crippen molar-refractivity contribution < 1.29 is 19.1 Å². The summed E-state index contributed by atoms with van der Waals surface area (Å²) < 4.78 is 14.1. The average Bonchev–Trinajstić information content (AvgIpc) is 0.774. The zero-order valence-electron chi connectivity index (χ0n) is 55.2. The summed E-state index contributed by atoms with van der Waals surface area (Å²) >= 11 is 0. The Kier molecular flexibility index (Phi) is 15.6. The van der Waals surface area contributed by atoms with E-state index in [9.17, 15) is 9.59 Å². The van der Waals surface area contributed by atoms with E-state index in [1.165, 1.54) is 27.8 Å². The Morgan fingerprint density at radius 2 is 0.706 bits per heavy atom. The summed E-state index contributed by atoms with van der Waals surface area (Å²) in [7, 11) is 0. The summed E-state index contributed by atoms with van der Waals surface area (Å²) in [6.45, 7) is 0.255. The molecule has 0 amide bonds. The lowest BCUT2D eigenvalue weighted by Crippen LogP contribution is -2.61. The minimum Gasteiger partial charge on any atom is -0.457 e. The second-order valence-electron chi connectivity index (χ2n) is 25.6. The van der Waals surface area contributed by atoms with Gasteiger partial charge in [0.25, 0.3) is 6.71 Å². The molecule has 0 fully saturated rings. The van der Waals surface area contributed by atoms with Gasteiger partial charge in [-0.25, -0.2) is 24.5 Å². The van der Waals surface area contributed by atoms with Gasteiger partial charge in [-0.05, 0) is 158 Å². The van der Waals surface area contributed by atoms with Gasteiger partial charge in [0.1, 0.15) is 13.2 Å². The number of carbonyl (C=O) groups is 2. The molecule has 18 rings (SSSR count). The molecule has 10 nitrogen and oxygen atoms in total. The second kappa shape index (κ2) is 26.1. The molecule has 0 aliphatic carbocycles. The van der Waals surface area contributed by atoms with Crippen LogP contribution < -0.4 is 26.2 Å². The average molecular weight is 1310 g/mol. The Labute approximate surface area is 590 Å². The number of rotatable bonds is 15. The number of hydrogen-bond acceptors (Lipinski definition) is 9. The molecule has 0 spiro atoms. The first-order valence-electron chi connectivity index (χ1n) is 34.2. The first kappa shape index (κ1) is 60.9. The van der Waals surface area contributed by atoms with E-state index in [0.717, 1.165) is 111 Å². The van der Waals surface area contributed by atoms with Crippen molar-refractivity contribution in [2.75, 3.05) is 9.80 Å². The van der Waals surface area contributed by atoms with E-state index < -0.39 is 11.9 Å². The van der Waals surface area contributed by atoms with E-state index in [0.29, 0.717) is 28.6 Å². The molecule has 2 aromatic heterocycles. The van der Waals surface area contributed by atoms with E-state index >= 15 is 0 Å². The van der Waals surface area contributed by atoms with Crippen LogP contribution in [-0.2, 0) is 22.7 Å². The largest absolute Gasteiger partial charge is 0.457 e. The number of nitrogens with zero attached hydrogens (tertiary/aromatic N) is 6. The second-order valence-corrected chi connectivity index (χ2v) is 25.6. The molecule has 14 aromatic carbocycles. The number of ether oxygens (including phenoxy) is 2. The molecule has 2 aliphatic rings. The minimum atomic E-state index is -0.480. The van der Waals surface area contributed by atoms with Crippen molar-refractivity contribution in [2.45, 2.75) is 13.2 Å². The summed E-state index contributed by atoms with van der Waals surface area (Å²) in [4.78, 5) is 49.1. The normalized spacial score (nSPS) is 12.0. The summed E-state index contributed by atoms with van der Waals surface area (Å²) in [5.74, 6) is 0.513. The van der Waals surface area contributed by atoms with Crippen molar-refractivity contribution in [3.63, 3.8) is 0 Å². The monoisotopic (exact) mass is 1310 g/mol. The molecule has 0 saturated heterocycles. The summed E-state index contributed by atoms with van der Waals surface area (Å²) in [6.07, 6.45) is 0. The number of anilines is 6. The predicted molar refractivity (Wildman–Crippen MR) is 412 cm³/mol. The van der Waals surface area contributed by atoms with Crippen molar-refractivity contribution in [1.29, 1.82) is 0 Å². The number of para-hydroxylation sites is 4. The number of benzene rings is 14. The Hall–Kier alpha value is -13.5. The Morgan fingerprint density at radius 1 is 0.314 bits per heavy atom. The van der Waals surface area contributed by atoms with Gasteiger partial charge in [-0.3, -0.25) is 0 Å². The zero-order chi connectivity index (χ0) is 68.0. The van der Waals surface area contributed by atoms with Gasteiger partial charge in [-0.2, -0.15) is 0 Å². The van der Waals surface area contributed by atoms with Crippen molar-refractivity contribution in [3.05, 3.63) is 368 Å². The van der Waals surface area contributed by atoms with E-state index in [1.54, 1.807) is 0 Å². The molecule has 0 radical (unpaired) electrons. The molecule has 0 atom stereocenters. The van der Waals surface area contributed by atoms with Gasteiger partial charge in [0.2, 0.25) is 0 Å². The maximum Gasteiger partial charge on any atom is 0.338 e. The molecule has 0 unspecified atom stereocenters. The number of carbonyl (C=O) groups excluding carboxylic acids is 2. The van der Waals surface area contributed by atoms with E-state index in [-0.39, 0.29) is 19.9 Å². The van der Waals surface area contributed by atoms with Gasteiger partial charge in [-0.15, -0.1) is 0 Å². The van der Waals surface area contributed by atoms with Crippen LogP contribution >= 0.6 is 0 Å². The van der Waals surface area contributed by atoms with Crippen molar-refractivity contribution in [1.82, 2.24) is 19.5 Å². The van der Waals surface area contributed by atoms with Crippen LogP contribution in [0.3, 0.4) is 0 Å². The first-order valence-corrected chi connectivity index (χ1v) is 34.2. The lowest BCUT2D eigenvalue weighted by Gasteiger charge is -2.44. The molecule has 0 bridgehead atoms. The van der Waals surface area contributed by atoms with Crippen molar-refractivity contribution in [2.24, 2.45) is 0 Å². The highest BCUT2D eigenvalue weighted by atomic mass is 16.5. The van der Waals surface area contributed by atoms with Gasteiger partial charge in [0.15, 0.2) is 17.5 Å². The highest BCUT2D eigenvalue weighted by Crippen LogP contribution is 2.46. The maximum atomic E-state index is 14.2. The van der Waals surface area contributed by atoms with Crippen LogP contribution in [0.25, 0.3) is 95.0 Å². The maximum absolute atomic E-state index is 14.2. The Morgan fingerprint density at radius 3 is 1.24 bits per heavy atom. The molecule has 482 valence electrons. The summed E-state index contributed by atoms with van der Waals surface area (Å²) in [6, 6.07) is 118. The summed E-state index contributed by atoms with van der Waals surface area (Å²) in [5, 5.41) is 1.44. The van der Waals surface area contributed by atoms with Gasteiger partial charge < -0.3 is 23.8 Å². The molecule has 0 N–H and O–H groups in total. The van der Waals surface area contributed by atoms with Gasteiger partial charge in [0, 0.05) is 67.2 Å². The summed E-state index contributed by atoms with van der Waals surface area (Å²) in [5.41, 5.74) is 23.9. The smallest absolute Gasteiger partial charge is 0.338 e. The number of aromatic nitrogens is 4. The van der Waals surface area contributed by atoms with Crippen LogP contribution in [0.1, 0.15) is 31.8 Å². The standard InChI is InChI=1S/C91H61BN6O4/c99-90(101-58-60-24-6-1-7-25-60)69-48-52-79-75(56-69)76-57-70(91(100)102-59-61-26-8-2-9-27-61)49-53-80(76)98(79)86-73(38-22-39-74(86)89-94-87(63-28-10-3-11-29-63)93-88(95-89)64-30-12-4-13-31-64)68-35-21-34-67(55-68)66-33-20-32-65(54-66)62-46-50-72(51-47-62)97-82-43-19-17-41-78(82)92-77-40-16-18-42-81(77)96(71-36-14-5-15-37-71)83-44-23-45-84(97)85(83)92/h1-57H,58-59H2. The molecular formula is C91H61BN6O4. The zero-order valence-corrected chi connectivity index (χ0v) is 55.2. The molecule has 0 saturated carbocycles. The van der Waals surface area contributed by atoms with E-state index in [4.69, 9.17) is 24.4 Å². The van der Waals surface area contributed by atoms with Gasteiger partial charge in [-0.1, -0.05) is 243 Å². The van der Waals surface area contributed by atoms with Gasteiger partial charge in [0.05, 0.1) is 27.8 Å². The van der Waals surface area contributed by atoms with Crippen LogP contribution in [0.4, 0.5) is 34.1 Å². The lowest BCUT2D eigenvalue weighted by molar-refractivity contribution is 0.0464. The van der Waals surface area contributed by atoms with E-state index in [2.05, 4.69) is 202 Å². The van der Waals surface area contributed by atoms with Crippen molar-refractivity contribution in [3.8, 4) is 73.2 Å². The Balaban J connectivity index is 0.761. The topological polar surface area (TPSA) is 103 Å². The fourth-order valence-electron chi connectivity index (χ4n) is 14.8. The quantitative estimate of drug-likeness (QED) is 0.0733. The van der Waals surface area contributed by atoms with Crippen LogP contribution in [0.15, 0.2) is 346 Å². The molecule has 16 aromatic rings. The van der Waals surface area contributed by atoms with E-state index in [1.807, 2.05) is 158 Å². The molecule has 2 aliphatic heterocycles. The van der Waals surface area contributed by atoms with Gasteiger partial charge >= 0.3 is 11.9 Å². The van der Waals surface area contributed by atoms with Crippen LogP contribution in [0.2, 0.25) is 0 Å². The molecule has 102 heavy (non-hydrogen) atoms. The van der Waals surface area contributed by atoms with Crippen LogP contribution in [0.5, 0.6) is 0 Å². The number of esters is 2. The SMILES string of the molecule is O=C(OCc1ccccc1)c1ccc2c(c1)c1cc(C(=O)OCc3ccccc3)ccc1n2-c1c(-c2cccc(-c3cccc(-c4ccc(N5c6ccccc6B6c7ccccc7N(c7ccccc7)c7cccc5c76)cc4)c3)c2)cccc1-c1nc(-c2ccccc2)nc(-c2ccccc2)n1. The first-order chi connectivity index (χ1) is 50.4. The predicted octanol–water partition coefficient (Wildman–Crippen LogP) is 19.8. The third-order valence-electron chi connectivity index (χ3n) is 19.5. The highest BCUT2D eigenvalue weighted by molar-refractivity contribution is 7.00. The molecular weight excluding hydrogens is 1250 g/mol. The van der Waals surface area contributed by atoms with Crippen LogP contribution in [0, 0.1) is 0 Å².